The van der Waals surface area contributed by atoms with Crippen molar-refractivity contribution in [2.75, 3.05) is 12.1 Å². The highest BCUT2D eigenvalue weighted by atomic mass is 35.5. The van der Waals surface area contributed by atoms with Crippen LogP contribution in [0.5, 0.6) is 11.5 Å². The Morgan fingerprint density at radius 2 is 1.87 bits per heavy atom. The van der Waals surface area contributed by atoms with Crippen molar-refractivity contribution in [2.45, 2.75) is 0 Å². The van der Waals surface area contributed by atoms with E-state index in [1.165, 1.54) is 11.3 Å². The minimum absolute atomic E-state index is 0.264. The molecular weight excluding hydrogens is 355 g/mol. The molecule has 0 atom stereocenters. The summed E-state index contributed by atoms with van der Waals surface area (Å²) in [6.07, 6.45) is 0. The van der Waals surface area contributed by atoms with Crippen molar-refractivity contribution < 1.29 is 9.47 Å². The normalized spacial score (nSPS) is 12.4. The largest absolute Gasteiger partial charge is 0.454 e. The first-order chi connectivity index (χ1) is 11.2. The Labute approximate surface area is 146 Å². The molecule has 0 spiro atoms. The maximum atomic E-state index is 6.02. The molecule has 1 aliphatic rings. The Bertz CT molecular complexity index is 882. The van der Waals surface area contributed by atoms with Crippen molar-refractivity contribution >= 4 is 45.4 Å². The Morgan fingerprint density at radius 1 is 1.00 bits per heavy atom. The van der Waals surface area contributed by atoms with E-state index in [9.17, 15) is 0 Å². The number of aromatic nitrogens is 1. The van der Waals surface area contributed by atoms with Gasteiger partial charge in [-0.3, -0.25) is 0 Å². The fraction of sp³-hybridized carbons (Fsp3) is 0.0625. The number of hydrogen-bond donors (Lipinski definition) is 1. The van der Waals surface area contributed by atoms with Gasteiger partial charge in [-0.25, -0.2) is 4.98 Å². The molecule has 4 nitrogen and oxygen atoms in total. The van der Waals surface area contributed by atoms with Gasteiger partial charge in [0.1, 0.15) is 0 Å². The highest BCUT2D eigenvalue weighted by molar-refractivity contribution is 7.14. The molecule has 116 valence electrons. The first-order valence-corrected chi connectivity index (χ1v) is 8.40. The summed E-state index contributed by atoms with van der Waals surface area (Å²) >= 11 is 13.5. The molecule has 0 unspecified atom stereocenters. The molecular formula is C16H10Cl2N2O2S. The molecule has 1 N–H and O–H groups in total. The molecule has 23 heavy (non-hydrogen) atoms. The molecule has 7 heteroatoms. The number of anilines is 2. The quantitative estimate of drug-likeness (QED) is 0.657. The van der Waals surface area contributed by atoms with E-state index in [0.717, 1.165) is 33.6 Å². The van der Waals surface area contributed by atoms with Gasteiger partial charge in [-0.05, 0) is 36.4 Å². The van der Waals surface area contributed by atoms with Crippen LogP contribution in [0, 0.1) is 0 Å². The number of rotatable bonds is 3. The van der Waals surface area contributed by atoms with E-state index < -0.39 is 0 Å². The summed E-state index contributed by atoms with van der Waals surface area (Å²) in [6, 6.07) is 11.2. The molecule has 0 amide bonds. The van der Waals surface area contributed by atoms with Crippen molar-refractivity contribution in [3.05, 3.63) is 51.8 Å². The monoisotopic (exact) mass is 364 g/mol. The van der Waals surface area contributed by atoms with Crippen molar-refractivity contribution in [3.8, 4) is 22.8 Å². The zero-order chi connectivity index (χ0) is 15.8. The maximum Gasteiger partial charge on any atom is 0.231 e. The number of halogens is 2. The number of benzene rings is 2. The maximum absolute atomic E-state index is 6.02. The van der Waals surface area contributed by atoms with Crippen molar-refractivity contribution in [1.29, 1.82) is 0 Å². The van der Waals surface area contributed by atoms with Crippen LogP contribution in [0.4, 0.5) is 10.8 Å². The van der Waals surface area contributed by atoms with E-state index in [4.69, 9.17) is 32.7 Å². The van der Waals surface area contributed by atoms with Crippen LogP contribution in [0.15, 0.2) is 41.8 Å². The second kappa shape index (κ2) is 5.92. The Morgan fingerprint density at radius 3 is 2.74 bits per heavy atom. The number of nitrogens with zero attached hydrogens (tertiary/aromatic N) is 1. The molecule has 1 aliphatic heterocycles. The summed E-state index contributed by atoms with van der Waals surface area (Å²) in [5.41, 5.74) is 2.69. The lowest BCUT2D eigenvalue weighted by atomic mass is 10.1. The Kier molecular flexibility index (Phi) is 3.77. The third-order valence-electron chi connectivity index (χ3n) is 3.34. The highest BCUT2D eigenvalue weighted by Crippen LogP contribution is 2.37. The van der Waals surface area contributed by atoms with E-state index in [-0.39, 0.29) is 6.79 Å². The smallest absolute Gasteiger partial charge is 0.231 e. The molecule has 0 saturated heterocycles. The van der Waals surface area contributed by atoms with Gasteiger partial charge in [0.25, 0.3) is 0 Å². The number of ether oxygens (including phenoxy) is 2. The summed E-state index contributed by atoms with van der Waals surface area (Å²) < 4.78 is 10.7. The van der Waals surface area contributed by atoms with Crippen LogP contribution >= 0.6 is 34.5 Å². The molecule has 4 rings (SSSR count). The second-order valence-corrected chi connectivity index (χ2v) is 6.53. The minimum Gasteiger partial charge on any atom is -0.454 e. The summed E-state index contributed by atoms with van der Waals surface area (Å²) in [5.74, 6) is 1.51. The van der Waals surface area contributed by atoms with Crippen LogP contribution in [0.1, 0.15) is 0 Å². The van der Waals surface area contributed by atoms with Gasteiger partial charge in [-0.2, -0.15) is 0 Å². The minimum atomic E-state index is 0.264. The summed E-state index contributed by atoms with van der Waals surface area (Å²) in [4.78, 5) is 4.59. The zero-order valence-corrected chi connectivity index (χ0v) is 14.0. The number of fused-ring (bicyclic) bond motifs is 1. The lowest BCUT2D eigenvalue weighted by Crippen LogP contribution is -1.92. The summed E-state index contributed by atoms with van der Waals surface area (Å²) in [5, 5.41) is 7.01. The average molecular weight is 365 g/mol. The van der Waals surface area contributed by atoms with Crippen molar-refractivity contribution in [1.82, 2.24) is 4.98 Å². The van der Waals surface area contributed by atoms with E-state index >= 15 is 0 Å². The van der Waals surface area contributed by atoms with Crippen LogP contribution in [-0.4, -0.2) is 11.8 Å². The first-order valence-electron chi connectivity index (χ1n) is 6.77. The number of hydrogen-bond acceptors (Lipinski definition) is 5. The van der Waals surface area contributed by atoms with Crippen molar-refractivity contribution in [3.63, 3.8) is 0 Å². The number of thiazole rings is 1. The Hall–Kier alpha value is -1.95. The average Bonchev–Trinajstić information content (AvgIpc) is 3.19. The van der Waals surface area contributed by atoms with E-state index in [2.05, 4.69) is 10.3 Å². The molecule has 0 bridgehead atoms. The number of nitrogens with one attached hydrogen (secondary N) is 1. The van der Waals surface area contributed by atoms with E-state index in [1.807, 2.05) is 29.6 Å². The molecule has 1 aromatic heterocycles. The van der Waals surface area contributed by atoms with Gasteiger partial charge >= 0.3 is 0 Å². The second-order valence-electron chi connectivity index (χ2n) is 4.86. The van der Waals surface area contributed by atoms with Gasteiger partial charge in [-0.15, -0.1) is 11.3 Å². The van der Waals surface area contributed by atoms with Gasteiger partial charge in [0.05, 0.1) is 15.7 Å². The van der Waals surface area contributed by atoms with Gasteiger partial charge in [0.15, 0.2) is 16.6 Å². The molecule has 0 fully saturated rings. The zero-order valence-electron chi connectivity index (χ0n) is 11.7. The fourth-order valence-electron chi connectivity index (χ4n) is 2.22. The van der Waals surface area contributed by atoms with Crippen LogP contribution in [0.3, 0.4) is 0 Å². The van der Waals surface area contributed by atoms with Crippen LogP contribution < -0.4 is 14.8 Å². The molecule has 0 radical (unpaired) electrons. The van der Waals surface area contributed by atoms with Crippen molar-refractivity contribution in [2.24, 2.45) is 0 Å². The van der Waals surface area contributed by atoms with Gasteiger partial charge < -0.3 is 14.8 Å². The highest BCUT2D eigenvalue weighted by Gasteiger charge is 2.15. The van der Waals surface area contributed by atoms with Gasteiger partial charge in [0, 0.05) is 16.6 Å². The molecule has 2 heterocycles. The molecule has 3 aromatic rings. The molecule has 2 aromatic carbocycles. The third kappa shape index (κ3) is 2.95. The van der Waals surface area contributed by atoms with E-state index in [1.54, 1.807) is 12.1 Å². The van der Waals surface area contributed by atoms with Gasteiger partial charge in [0.2, 0.25) is 6.79 Å². The predicted molar refractivity (Wildman–Crippen MR) is 93.4 cm³/mol. The standard InChI is InChI=1S/C16H10Cl2N2O2S/c17-11-3-2-10(6-12(11)18)19-16-20-13(7-23-16)9-1-4-14-15(5-9)22-8-21-14/h1-7H,8H2,(H,19,20). The third-order valence-corrected chi connectivity index (χ3v) is 4.84. The SMILES string of the molecule is Clc1ccc(Nc2nc(-c3ccc4c(c3)OCO4)cs2)cc1Cl. The Balaban J connectivity index is 1.58. The van der Waals surface area contributed by atoms with Gasteiger partial charge in [-0.1, -0.05) is 23.2 Å². The first kappa shape index (κ1) is 14.6. The lowest BCUT2D eigenvalue weighted by Gasteiger charge is -2.04. The van der Waals surface area contributed by atoms with Crippen LogP contribution in [0.25, 0.3) is 11.3 Å². The van der Waals surface area contributed by atoms with Crippen LogP contribution in [0.2, 0.25) is 10.0 Å². The lowest BCUT2D eigenvalue weighted by molar-refractivity contribution is 0.174. The van der Waals surface area contributed by atoms with E-state index in [0.29, 0.717) is 10.0 Å². The summed E-state index contributed by atoms with van der Waals surface area (Å²) in [6.45, 7) is 0.264. The molecule has 0 aliphatic carbocycles. The van der Waals surface area contributed by atoms with Crippen LogP contribution in [-0.2, 0) is 0 Å². The predicted octanol–water partition coefficient (Wildman–Crippen LogP) is 5.59. The summed E-state index contributed by atoms with van der Waals surface area (Å²) in [7, 11) is 0. The topological polar surface area (TPSA) is 43.4 Å². The molecule has 0 saturated carbocycles. The fourth-order valence-corrected chi connectivity index (χ4v) is 3.25.